The molecular weight excluding hydrogens is 442 g/mol. The lowest BCUT2D eigenvalue weighted by atomic mass is 9.50. The maximum atomic E-state index is 13.1. The summed E-state index contributed by atoms with van der Waals surface area (Å²) in [6.07, 6.45) is -6.80. The number of carbonyl (C=O) groups is 2. The molecule has 0 aromatic carbocycles. The molecule has 0 aliphatic heterocycles. The van der Waals surface area contributed by atoms with Gasteiger partial charge >= 0.3 is 24.3 Å². The lowest BCUT2D eigenvalue weighted by molar-refractivity contribution is -0.326. The Morgan fingerprint density at radius 3 is 1.66 bits per heavy atom. The zero-order valence-electron chi connectivity index (χ0n) is 18.7. The standard InChI is InChI=1S/C22H30F6O4/c1-5-18(2,11-31-17(30)20(4,21(23,24)25)22(26,27)28)16(29)32-19(3)14-7-12-6-13(9-14)10-15(19)8-12/h12-15H,5-11H2,1-4H3. The molecule has 184 valence electrons. The highest BCUT2D eigenvalue weighted by Crippen LogP contribution is 2.60. The van der Waals surface area contributed by atoms with Gasteiger partial charge in [-0.3, -0.25) is 9.59 Å². The van der Waals surface area contributed by atoms with E-state index in [4.69, 9.17) is 4.74 Å². The van der Waals surface area contributed by atoms with Crippen LogP contribution in [0.1, 0.15) is 66.2 Å². The van der Waals surface area contributed by atoms with Gasteiger partial charge in [0.15, 0.2) is 0 Å². The Labute approximate surface area is 183 Å². The topological polar surface area (TPSA) is 52.6 Å². The molecule has 0 spiro atoms. The Morgan fingerprint density at radius 1 is 0.844 bits per heavy atom. The van der Waals surface area contributed by atoms with Crippen molar-refractivity contribution in [3.05, 3.63) is 0 Å². The van der Waals surface area contributed by atoms with Gasteiger partial charge in [0, 0.05) is 0 Å². The van der Waals surface area contributed by atoms with Crippen molar-refractivity contribution >= 4 is 11.9 Å². The molecule has 0 saturated heterocycles. The minimum absolute atomic E-state index is 0.0184. The lowest BCUT2D eigenvalue weighted by Gasteiger charge is -2.59. The molecule has 4 bridgehead atoms. The Morgan fingerprint density at radius 2 is 1.28 bits per heavy atom. The normalized spacial score (nSPS) is 34.2. The predicted molar refractivity (Wildman–Crippen MR) is 101 cm³/mol. The third-order valence-corrected chi connectivity index (χ3v) is 8.41. The fraction of sp³-hybridized carbons (Fsp3) is 0.909. The second-order valence-corrected chi connectivity index (χ2v) is 10.5. The first kappa shape index (κ1) is 25.1. The monoisotopic (exact) mass is 472 g/mol. The van der Waals surface area contributed by atoms with Gasteiger partial charge in [-0.15, -0.1) is 0 Å². The first-order chi connectivity index (χ1) is 14.5. The summed E-state index contributed by atoms with van der Waals surface area (Å²) >= 11 is 0. The summed E-state index contributed by atoms with van der Waals surface area (Å²) in [6.45, 7) is 3.57. The second kappa shape index (κ2) is 7.79. The summed E-state index contributed by atoms with van der Waals surface area (Å²) < 4.78 is 89.2. The van der Waals surface area contributed by atoms with E-state index in [-0.39, 0.29) is 25.2 Å². The number of hydrogen-bond acceptors (Lipinski definition) is 4. The van der Waals surface area contributed by atoms with Gasteiger partial charge < -0.3 is 9.47 Å². The molecule has 4 aliphatic carbocycles. The molecule has 0 radical (unpaired) electrons. The molecule has 0 heterocycles. The van der Waals surface area contributed by atoms with Crippen LogP contribution in [-0.2, 0) is 19.1 Å². The first-order valence-electron chi connectivity index (χ1n) is 11.0. The van der Waals surface area contributed by atoms with Crippen molar-refractivity contribution in [1.29, 1.82) is 0 Å². The number of carbonyl (C=O) groups excluding carboxylic acids is 2. The van der Waals surface area contributed by atoms with E-state index in [9.17, 15) is 35.9 Å². The van der Waals surface area contributed by atoms with Gasteiger partial charge in [-0.1, -0.05) is 6.92 Å². The third-order valence-electron chi connectivity index (χ3n) is 8.41. The fourth-order valence-corrected chi connectivity index (χ4v) is 5.68. The first-order valence-corrected chi connectivity index (χ1v) is 11.0. The van der Waals surface area contributed by atoms with Crippen LogP contribution in [0.25, 0.3) is 0 Å². The highest BCUT2D eigenvalue weighted by atomic mass is 19.4. The van der Waals surface area contributed by atoms with Crippen LogP contribution in [0.3, 0.4) is 0 Å². The van der Waals surface area contributed by atoms with Crippen molar-refractivity contribution in [3.63, 3.8) is 0 Å². The van der Waals surface area contributed by atoms with Crippen molar-refractivity contribution in [2.24, 2.45) is 34.5 Å². The van der Waals surface area contributed by atoms with E-state index in [0.29, 0.717) is 11.8 Å². The van der Waals surface area contributed by atoms with Crippen LogP contribution in [-0.4, -0.2) is 36.5 Å². The van der Waals surface area contributed by atoms with Crippen LogP contribution >= 0.6 is 0 Å². The molecule has 4 aliphatic rings. The number of rotatable bonds is 6. The van der Waals surface area contributed by atoms with Gasteiger partial charge in [-0.25, -0.2) is 0 Å². The van der Waals surface area contributed by atoms with Crippen molar-refractivity contribution in [1.82, 2.24) is 0 Å². The molecular formula is C22H30F6O4. The molecule has 0 aromatic heterocycles. The van der Waals surface area contributed by atoms with E-state index in [2.05, 4.69) is 4.74 Å². The van der Waals surface area contributed by atoms with Crippen molar-refractivity contribution in [3.8, 4) is 0 Å². The smallest absolute Gasteiger partial charge is 0.413 e. The van der Waals surface area contributed by atoms with Gasteiger partial charge in [-0.05, 0) is 83.0 Å². The third kappa shape index (κ3) is 3.89. The summed E-state index contributed by atoms with van der Waals surface area (Å²) in [5.41, 5.74) is -6.98. The number of halogens is 6. The average molecular weight is 472 g/mol. The Hall–Kier alpha value is -1.48. The molecule has 10 heteroatoms. The van der Waals surface area contributed by atoms with Crippen LogP contribution in [0, 0.1) is 34.5 Å². The minimum atomic E-state index is -5.90. The quantitative estimate of drug-likeness (QED) is 0.360. The average Bonchev–Trinajstić information content (AvgIpc) is 2.67. The van der Waals surface area contributed by atoms with E-state index in [1.54, 1.807) is 6.92 Å². The number of ether oxygens (including phenoxy) is 2. The van der Waals surface area contributed by atoms with Crippen LogP contribution in [0.5, 0.6) is 0 Å². The minimum Gasteiger partial charge on any atom is -0.464 e. The van der Waals surface area contributed by atoms with Crippen molar-refractivity contribution in [2.75, 3.05) is 6.61 Å². The summed E-state index contributed by atoms with van der Waals surface area (Å²) in [5.74, 6) is -1.64. The van der Waals surface area contributed by atoms with E-state index >= 15 is 0 Å². The van der Waals surface area contributed by atoms with Gasteiger partial charge in [0.2, 0.25) is 0 Å². The highest BCUT2D eigenvalue weighted by Gasteiger charge is 2.73. The molecule has 4 rings (SSSR count). The van der Waals surface area contributed by atoms with Crippen LogP contribution < -0.4 is 0 Å². The SMILES string of the molecule is CCC(C)(COC(=O)C(C)(C(F)(F)F)C(F)(F)F)C(=O)OC1(C)C2CC3CC(C2)CC1C3. The Kier molecular flexibility index (Phi) is 6.12. The molecule has 32 heavy (non-hydrogen) atoms. The zero-order chi connectivity index (χ0) is 24.3. The molecule has 4 saturated carbocycles. The summed E-state index contributed by atoms with van der Waals surface area (Å²) in [7, 11) is 0. The lowest BCUT2D eigenvalue weighted by Crippen LogP contribution is -2.59. The van der Waals surface area contributed by atoms with E-state index < -0.39 is 47.3 Å². The summed E-state index contributed by atoms with van der Waals surface area (Å²) in [4.78, 5) is 25.1. The Balaban J connectivity index is 1.72. The number of hydrogen-bond donors (Lipinski definition) is 0. The van der Waals surface area contributed by atoms with Gasteiger partial charge in [0.1, 0.15) is 12.2 Å². The van der Waals surface area contributed by atoms with Crippen LogP contribution in [0.15, 0.2) is 0 Å². The van der Waals surface area contributed by atoms with E-state index in [1.807, 2.05) is 6.92 Å². The van der Waals surface area contributed by atoms with Gasteiger partial charge in [0.25, 0.3) is 5.41 Å². The fourth-order valence-electron chi connectivity index (χ4n) is 5.68. The predicted octanol–water partition coefficient (Wildman–Crippen LogP) is 5.83. The van der Waals surface area contributed by atoms with Crippen molar-refractivity contribution < 1.29 is 45.4 Å². The highest BCUT2D eigenvalue weighted by molar-refractivity contribution is 5.80. The maximum Gasteiger partial charge on any atom is 0.413 e. The summed E-state index contributed by atoms with van der Waals surface area (Å²) in [5, 5.41) is 0. The van der Waals surface area contributed by atoms with Crippen molar-refractivity contribution in [2.45, 2.75) is 84.2 Å². The van der Waals surface area contributed by atoms with E-state index in [1.165, 1.54) is 13.3 Å². The van der Waals surface area contributed by atoms with Crippen LogP contribution in [0.2, 0.25) is 0 Å². The van der Waals surface area contributed by atoms with Gasteiger partial charge in [0.05, 0.1) is 5.41 Å². The molecule has 1 atom stereocenters. The van der Waals surface area contributed by atoms with Gasteiger partial charge in [-0.2, -0.15) is 26.3 Å². The Bertz CT molecular complexity index is 717. The second-order valence-electron chi connectivity index (χ2n) is 10.5. The molecule has 0 amide bonds. The maximum absolute atomic E-state index is 13.1. The molecule has 0 aromatic rings. The number of alkyl halides is 6. The molecule has 4 fully saturated rings. The zero-order valence-corrected chi connectivity index (χ0v) is 18.7. The molecule has 0 N–H and O–H groups in total. The molecule has 1 unspecified atom stereocenters. The molecule has 4 nitrogen and oxygen atoms in total. The largest absolute Gasteiger partial charge is 0.464 e. The van der Waals surface area contributed by atoms with E-state index in [0.717, 1.165) is 25.7 Å². The van der Waals surface area contributed by atoms with Crippen LogP contribution in [0.4, 0.5) is 26.3 Å². The summed E-state index contributed by atoms with van der Waals surface area (Å²) in [6, 6.07) is 0. The number of esters is 2.